The number of rotatable bonds is 8. The average Bonchev–Trinajstić information content (AvgIpc) is 2.79. The summed E-state index contributed by atoms with van der Waals surface area (Å²) >= 11 is 10.9. The first-order chi connectivity index (χ1) is 15.0. The van der Waals surface area contributed by atoms with Crippen LogP contribution in [0.15, 0.2) is 62.9 Å². The molecule has 2 rings (SSSR count). The Kier molecular flexibility index (Phi) is 12.4. The van der Waals surface area contributed by atoms with Gasteiger partial charge in [-0.15, -0.1) is 5.10 Å². The van der Waals surface area contributed by atoms with Crippen LogP contribution in [-0.4, -0.2) is 57.7 Å². The standard InChI is InChI=1S/C23H32N6S2.Cu/c1-6-28(7-2)22(30)26-24-17(5)21(25-27-23(31)29(8-3)9-4)20-16-12-14-18-13-10-11-15-19(18)20;/h10-16H,6-9H2,1-5H3,(H,26,30)(H,27,31);/q;+2/p-2/b24-17+,25-21-;. The number of fused-ring (bicyclic) bond motifs is 1. The molecule has 0 aliphatic carbocycles. The van der Waals surface area contributed by atoms with Gasteiger partial charge in [-0.3, -0.25) is 0 Å². The molecule has 0 fully saturated rings. The molecular weight excluding hydrogens is 488 g/mol. The summed E-state index contributed by atoms with van der Waals surface area (Å²) in [4.78, 5) is 3.95. The summed E-state index contributed by atoms with van der Waals surface area (Å²) in [6.07, 6.45) is 0. The molecule has 2 aromatic rings. The van der Waals surface area contributed by atoms with Gasteiger partial charge in [-0.05, 0) is 45.4 Å². The molecule has 0 aliphatic heterocycles. The Bertz CT molecular complexity index is 990. The van der Waals surface area contributed by atoms with Crippen LogP contribution in [0.2, 0.25) is 0 Å². The van der Waals surface area contributed by atoms with Crippen molar-refractivity contribution in [2.24, 2.45) is 20.4 Å². The minimum absolute atomic E-state index is 0. The van der Waals surface area contributed by atoms with Crippen molar-refractivity contribution >= 4 is 57.8 Å². The Morgan fingerprint density at radius 1 is 0.719 bits per heavy atom. The molecule has 0 amide bonds. The van der Waals surface area contributed by atoms with E-state index in [4.69, 9.17) is 25.3 Å². The number of hydrogen-bond acceptors (Lipinski definition) is 6. The quantitative estimate of drug-likeness (QED) is 0.171. The number of hydrogen-bond donors (Lipinski definition) is 0. The van der Waals surface area contributed by atoms with Crippen LogP contribution < -0.4 is 0 Å². The SMILES string of the molecule is CCN(CC)/C([S-])=N/N=C(C)/C(=N/N=C(\[S-])N(CC)CC)c1cccc2ccccc12.[Cu+2]. The molecule has 0 N–H and O–H groups in total. The molecule has 0 aliphatic rings. The Labute approximate surface area is 213 Å². The van der Waals surface area contributed by atoms with E-state index < -0.39 is 0 Å². The van der Waals surface area contributed by atoms with E-state index in [1.165, 1.54) is 0 Å². The summed E-state index contributed by atoms with van der Waals surface area (Å²) < 4.78 is 0. The molecule has 0 saturated heterocycles. The maximum absolute atomic E-state index is 5.46. The fraction of sp³-hybridized carbons (Fsp3) is 0.391. The van der Waals surface area contributed by atoms with Gasteiger partial charge in [0.05, 0.1) is 5.71 Å². The largest absolute Gasteiger partial charge is 2.00 e. The minimum Gasteiger partial charge on any atom is -0.741 e. The van der Waals surface area contributed by atoms with Crippen LogP contribution in [0.5, 0.6) is 0 Å². The van der Waals surface area contributed by atoms with E-state index in [0.717, 1.165) is 42.5 Å². The van der Waals surface area contributed by atoms with Gasteiger partial charge in [0.2, 0.25) is 0 Å². The second kappa shape index (κ2) is 14.2. The van der Waals surface area contributed by atoms with Crippen LogP contribution in [0.1, 0.15) is 40.2 Å². The Balaban J connectivity index is 0.00000512. The van der Waals surface area contributed by atoms with Crippen molar-refractivity contribution in [3.63, 3.8) is 0 Å². The van der Waals surface area contributed by atoms with Gasteiger partial charge < -0.3 is 35.1 Å². The third-order valence-electron chi connectivity index (χ3n) is 4.98. The first kappa shape index (κ1) is 28.0. The van der Waals surface area contributed by atoms with Crippen molar-refractivity contribution in [3.05, 3.63) is 48.0 Å². The van der Waals surface area contributed by atoms with E-state index in [-0.39, 0.29) is 17.1 Å². The number of amidine groups is 2. The maximum Gasteiger partial charge on any atom is 2.00 e. The van der Waals surface area contributed by atoms with Gasteiger partial charge in [-0.25, -0.2) is 0 Å². The van der Waals surface area contributed by atoms with E-state index in [0.29, 0.717) is 21.8 Å². The van der Waals surface area contributed by atoms with Gasteiger partial charge in [0.1, 0.15) is 5.71 Å². The van der Waals surface area contributed by atoms with Gasteiger partial charge in [0.25, 0.3) is 0 Å². The van der Waals surface area contributed by atoms with E-state index in [1.54, 1.807) is 0 Å². The van der Waals surface area contributed by atoms with E-state index in [9.17, 15) is 0 Å². The monoisotopic (exact) mass is 517 g/mol. The molecule has 0 heterocycles. The fourth-order valence-electron chi connectivity index (χ4n) is 3.13. The van der Waals surface area contributed by atoms with Crippen molar-refractivity contribution < 1.29 is 17.1 Å². The summed E-state index contributed by atoms with van der Waals surface area (Å²) in [5.74, 6) is 0. The van der Waals surface area contributed by atoms with Crippen molar-refractivity contribution in [2.75, 3.05) is 26.2 Å². The van der Waals surface area contributed by atoms with E-state index in [1.807, 2.05) is 68.7 Å². The van der Waals surface area contributed by atoms with Crippen molar-refractivity contribution in [1.29, 1.82) is 0 Å². The van der Waals surface area contributed by atoms with Crippen LogP contribution in [0, 0.1) is 0 Å². The van der Waals surface area contributed by atoms with Crippen LogP contribution in [0.25, 0.3) is 10.8 Å². The van der Waals surface area contributed by atoms with Crippen LogP contribution >= 0.6 is 0 Å². The first-order valence-electron chi connectivity index (χ1n) is 10.6. The number of nitrogens with zero attached hydrogens (tertiary/aromatic N) is 6. The average molecular weight is 518 g/mol. The second-order valence-corrected chi connectivity index (χ2v) is 7.50. The maximum atomic E-state index is 5.46. The van der Waals surface area contributed by atoms with Gasteiger partial charge in [0, 0.05) is 42.1 Å². The van der Waals surface area contributed by atoms with E-state index in [2.05, 4.69) is 38.6 Å². The Morgan fingerprint density at radius 2 is 1.22 bits per heavy atom. The summed E-state index contributed by atoms with van der Waals surface area (Å²) in [7, 11) is 0. The molecular formula is C23H30CuN6S2. The first-order valence-corrected chi connectivity index (χ1v) is 11.4. The molecule has 0 unspecified atom stereocenters. The normalized spacial score (nSPS) is 13.2. The van der Waals surface area contributed by atoms with Gasteiger partial charge in [-0.1, -0.05) is 42.5 Å². The molecule has 0 aromatic heterocycles. The topological polar surface area (TPSA) is 55.9 Å². The molecule has 9 heteroatoms. The van der Waals surface area contributed by atoms with Crippen molar-refractivity contribution in [2.45, 2.75) is 34.6 Å². The predicted octanol–water partition coefficient (Wildman–Crippen LogP) is 4.41. The Morgan fingerprint density at radius 3 is 1.78 bits per heavy atom. The molecule has 6 nitrogen and oxygen atoms in total. The summed E-state index contributed by atoms with van der Waals surface area (Å²) in [5.41, 5.74) is 2.17. The van der Waals surface area contributed by atoms with Crippen molar-refractivity contribution in [3.8, 4) is 0 Å². The second-order valence-electron chi connectivity index (χ2n) is 6.77. The predicted molar refractivity (Wildman–Crippen MR) is 139 cm³/mol. The van der Waals surface area contributed by atoms with Gasteiger partial charge in [-0.2, -0.15) is 15.3 Å². The fourth-order valence-corrected chi connectivity index (χ4v) is 3.72. The van der Waals surface area contributed by atoms with Crippen molar-refractivity contribution in [1.82, 2.24) is 9.80 Å². The summed E-state index contributed by atoms with van der Waals surface area (Å²) in [6, 6.07) is 14.2. The third kappa shape index (κ3) is 7.23. The Hall–Kier alpha value is -2.06. The van der Waals surface area contributed by atoms with Gasteiger partial charge >= 0.3 is 17.1 Å². The van der Waals surface area contributed by atoms with E-state index >= 15 is 0 Å². The molecule has 0 bridgehead atoms. The molecule has 0 saturated carbocycles. The summed E-state index contributed by atoms with van der Waals surface area (Å²) in [5, 5.41) is 20.6. The zero-order valence-electron chi connectivity index (χ0n) is 19.2. The molecule has 1 radical (unpaired) electrons. The molecule has 0 spiro atoms. The third-order valence-corrected chi connectivity index (χ3v) is 5.66. The minimum atomic E-state index is 0. The number of benzene rings is 2. The van der Waals surface area contributed by atoms with Gasteiger partial charge in [0.15, 0.2) is 0 Å². The molecule has 2 aromatic carbocycles. The van der Waals surface area contributed by atoms with Crippen LogP contribution in [-0.2, 0) is 42.3 Å². The molecule has 175 valence electrons. The zero-order valence-corrected chi connectivity index (χ0v) is 21.7. The molecule has 32 heavy (non-hydrogen) atoms. The summed E-state index contributed by atoms with van der Waals surface area (Å²) in [6.45, 7) is 13.1. The van der Waals surface area contributed by atoms with Crippen LogP contribution in [0.4, 0.5) is 0 Å². The molecule has 0 atom stereocenters. The zero-order chi connectivity index (χ0) is 22.8. The van der Waals surface area contributed by atoms with Crippen LogP contribution in [0.3, 0.4) is 0 Å². The smallest absolute Gasteiger partial charge is 0.741 e.